The summed E-state index contributed by atoms with van der Waals surface area (Å²) in [6, 6.07) is 1.26. The van der Waals surface area contributed by atoms with E-state index in [1.54, 1.807) is 0 Å². The van der Waals surface area contributed by atoms with E-state index < -0.39 is 23.9 Å². The molecule has 1 aliphatic rings. The standard InChI is InChI=1S/C13H11BrF3N5O2/c14-7-8(22-2-4(23)3-22)5-1-6(11(19)24)10(18)21-12(5)20-9(7)13(15,16)17/h1,4,23H,2-3H2,(H2,19,24)(H2,18,20,21). The molecule has 1 fully saturated rings. The molecule has 0 unspecified atom stereocenters. The zero-order valence-electron chi connectivity index (χ0n) is 11.9. The first-order chi connectivity index (χ1) is 11.1. The van der Waals surface area contributed by atoms with Crippen LogP contribution in [-0.4, -0.2) is 40.2 Å². The van der Waals surface area contributed by atoms with Gasteiger partial charge in [0.05, 0.1) is 21.8 Å². The third-order valence-electron chi connectivity index (χ3n) is 3.63. The topological polar surface area (TPSA) is 118 Å². The summed E-state index contributed by atoms with van der Waals surface area (Å²) in [4.78, 5) is 20.3. The van der Waals surface area contributed by atoms with Crippen molar-refractivity contribution >= 4 is 44.4 Å². The lowest BCUT2D eigenvalue weighted by Gasteiger charge is -2.39. The van der Waals surface area contributed by atoms with E-state index in [0.717, 1.165) is 0 Å². The highest BCUT2D eigenvalue weighted by Gasteiger charge is 2.39. The van der Waals surface area contributed by atoms with E-state index in [1.165, 1.54) is 11.0 Å². The fraction of sp³-hybridized carbons (Fsp3) is 0.308. The SMILES string of the molecule is NC(=O)c1cc2c(N3CC(O)C3)c(Br)c(C(F)(F)F)nc2nc1N. The number of aromatic nitrogens is 2. The number of primary amides is 1. The van der Waals surface area contributed by atoms with Crippen LogP contribution in [0.25, 0.3) is 11.0 Å². The molecule has 0 radical (unpaired) electrons. The predicted octanol–water partition coefficient (Wildman–Crippen LogP) is 1.27. The molecule has 0 atom stereocenters. The number of carbonyl (C=O) groups excluding carboxylic acids is 1. The molecule has 2 aromatic rings. The van der Waals surface area contributed by atoms with Crippen LogP contribution in [0, 0.1) is 0 Å². The van der Waals surface area contributed by atoms with Crippen LogP contribution in [-0.2, 0) is 6.18 Å². The maximum Gasteiger partial charge on any atom is 0.434 e. The number of alkyl halides is 3. The highest BCUT2D eigenvalue weighted by atomic mass is 79.9. The average molecular weight is 406 g/mol. The Labute approximate surface area is 141 Å². The van der Waals surface area contributed by atoms with Crippen LogP contribution in [0.4, 0.5) is 24.7 Å². The molecule has 0 aromatic carbocycles. The lowest BCUT2D eigenvalue weighted by Crippen LogP contribution is -2.51. The fourth-order valence-corrected chi connectivity index (χ4v) is 3.27. The number of rotatable bonds is 2. The molecular weight excluding hydrogens is 395 g/mol. The Bertz CT molecular complexity index is 852. The first-order valence-corrected chi connectivity index (χ1v) is 7.48. The van der Waals surface area contributed by atoms with Gasteiger partial charge in [-0.2, -0.15) is 13.2 Å². The Balaban J connectivity index is 2.35. The van der Waals surface area contributed by atoms with Crippen molar-refractivity contribution in [3.8, 4) is 0 Å². The van der Waals surface area contributed by atoms with Crippen molar-refractivity contribution in [2.75, 3.05) is 23.7 Å². The minimum atomic E-state index is -4.72. The number of hydrogen-bond donors (Lipinski definition) is 3. The summed E-state index contributed by atoms with van der Waals surface area (Å²) < 4.78 is 39.4. The number of nitrogens with zero attached hydrogens (tertiary/aromatic N) is 3. The van der Waals surface area contributed by atoms with E-state index in [9.17, 15) is 23.1 Å². The van der Waals surface area contributed by atoms with Crippen molar-refractivity contribution in [1.29, 1.82) is 0 Å². The van der Waals surface area contributed by atoms with Gasteiger partial charge in [-0.25, -0.2) is 9.97 Å². The smallest absolute Gasteiger partial charge is 0.389 e. The first kappa shape index (κ1) is 16.7. The molecule has 5 N–H and O–H groups in total. The number of β-amino-alcohol motifs (C(OH)–C–C–N with tert-alkyl or cyclic N) is 1. The van der Waals surface area contributed by atoms with Gasteiger partial charge >= 0.3 is 6.18 Å². The summed E-state index contributed by atoms with van der Waals surface area (Å²) in [6.07, 6.45) is -5.36. The third kappa shape index (κ3) is 2.63. The molecule has 0 aliphatic carbocycles. The van der Waals surface area contributed by atoms with E-state index in [0.29, 0.717) is 0 Å². The predicted molar refractivity (Wildman–Crippen MR) is 83.4 cm³/mol. The van der Waals surface area contributed by atoms with Crippen molar-refractivity contribution in [3.05, 3.63) is 21.8 Å². The molecule has 1 saturated heterocycles. The number of nitrogens with two attached hydrogens (primary N) is 2. The molecule has 24 heavy (non-hydrogen) atoms. The number of carbonyl (C=O) groups is 1. The van der Waals surface area contributed by atoms with Gasteiger partial charge in [0, 0.05) is 18.5 Å². The monoisotopic (exact) mass is 405 g/mol. The number of aliphatic hydroxyl groups excluding tert-OH is 1. The Morgan fingerprint density at radius 3 is 2.50 bits per heavy atom. The molecule has 11 heteroatoms. The number of pyridine rings is 2. The number of amides is 1. The Morgan fingerprint density at radius 1 is 1.38 bits per heavy atom. The van der Waals surface area contributed by atoms with Crippen LogP contribution >= 0.6 is 15.9 Å². The second kappa shape index (κ2) is 5.45. The molecule has 128 valence electrons. The van der Waals surface area contributed by atoms with Gasteiger partial charge in [-0.1, -0.05) is 0 Å². The van der Waals surface area contributed by atoms with Crippen LogP contribution in [0.1, 0.15) is 16.1 Å². The van der Waals surface area contributed by atoms with Crippen LogP contribution in [0.15, 0.2) is 10.5 Å². The number of hydrogen-bond acceptors (Lipinski definition) is 6. The molecule has 2 aromatic heterocycles. The van der Waals surface area contributed by atoms with Gasteiger partial charge in [0.15, 0.2) is 11.3 Å². The molecule has 3 rings (SSSR count). The van der Waals surface area contributed by atoms with Crippen molar-refractivity contribution in [1.82, 2.24) is 9.97 Å². The van der Waals surface area contributed by atoms with Gasteiger partial charge in [-0.3, -0.25) is 4.79 Å². The summed E-state index contributed by atoms with van der Waals surface area (Å²) in [5.41, 5.74) is 9.39. The van der Waals surface area contributed by atoms with Crippen molar-refractivity contribution in [2.24, 2.45) is 5.73 Å². The molecule has 1 amide bonds. The lowest BCUT2D eigenvalue weighted by molar-refractivity contribution is -0.141. The van der Waals surface area contributed by atoms with E-state index in [1.807, 2.05) is 0 Å². The molecule has 0 spiro atoms. The quantitative estimate of drug-likeness (QED) is 0.692. The van der Waals surface area contributed by atoms with Gasteiger partial charge in [0.25, 0.3) is 5.91 Å². The second-order valence-corrected chi connectivity index (χ2v) is 6.13. The number of anilines is 2. The maximum absolute atomic E-state index is 13.2. The van der Waals surface area contributed by atoms with Gasteiger partial charge in [-0.05, 0) is 22.0 Å². The summed E-state index contributed by atoms with van der Waals surface area (Å²) in [6.45, 7) is 0.288. The zero-order chi connectivity index (χ0) is 17.8. The summed E-state index contributed by atoms with van der Waals surface area (Å²) in [5, 5.41) is 9.64. The van der Waals surface area contributed by atoms with Crippen molar-refractivity contribution in [3.63, 3.8) is 0 Å². The molecule has 7 nitrogen and oxygen atoms in total. The van der Waals surface area contributed by atoms with Gasteiger partial charge in [-0.15, -0.1) is 0 Å². The largest absolute Gasteiger partial charge is 0.434 e. The average Bonchev–Trinajstić information content (AvgIpc) is 2.42. The minimum Gasteiger partial charge on any atom is -0.389 e. The lowest BCUT2D eigenvalue weighted by atomic mass is 10.1. The molecular formula is C13H11BrF3N5O2. The number of aliphatic hydroxyl groups is 1. The normalized spacial score (nSPS) is 15.6. The summed E-state index contributed by atoms with van der Waals surface area (Å²) in [5.74, 6) is -1.15. The van der Waals surface area contributed by atoms with Crippen molar-refractivity contribution < 1.29 is 23.1 Å². The van der Waals surface area contributed by atoms with E-state index in [2.05, 4.69) is 25.9 Å². The van der Waals surface area contributed by atoms with E-state index in [-0.39, 0.29) is 45.7 Å². The van der Waals surface area contributed by atoms with Gasteiger partial charge in [0.1, 0.15) is 5.82 Å². The molecule has 3 heterocycles. The van der Waals surface area contributed by atoms with E-state index >= 15 is 0 Å². The maximum atomic E-state index is 13.2. The van der Waals surface area contributed by atoms with Crippen LogP contribution in [0.2, 0.25) is 0 Å². The highest BCUT2D eigenvalue weighted by Crippen LogP contribution is 2.43. The van der Waals surface area contributed by atoms with Crippen LogP contribution in [0.5, 0.6) is 0 Å². The Morgan fingerprint density at radius 2 is 2.00 bits per heavy atom. The van der Waals surface area contributed by atoms with Gasteiger partial charge < -0.3 is 21.5 Å². The number of halogens is 4. The Hall–Kier alpha value is -2.14. The highest BCUT2D eigenvalue weighted by molar-refractivity contribution is 9.10. The first-order valence-electron chi connectivity index (χ1n) is 6.69. The summed E-state index contributed by atoms with van der Waals surface area (Å²) >= 11 is 2.93. The van der Waals surface area contributed by atoms with E-state index in [4.69, 9.17) is 11.5 Å². The zero-order valence-corrected chi connectivity index (χ0v) is 13.5. The summed E-state index contributed by atoms with van der Waals surface area (Å²) in [7, 11) is 0. The minimum absolute atomic E-state index is 0.113. The Kier molecular flexibility index (Phi) is 3.79. The number of fused-ring (bicyclic) bond motifs is 1. The van der Waals surface area contributed by atoms with Crippen LogP contribution in [0.3, 0.4) is 0 Å². The van der Waals surface area contributed by atoms with Crippen LogP contribution < -0.4 is 16.4 Å². The third-order valence-corrected chi connectivity index (χ3v) is 4.38. The molecule has 0 bridgehead atoms. The number of nitrogen functional groups attached to an aromatic ring is 1. The van der Waals surface area contributed by atoms with Gasteiger partial charge in [0.2, 0.25) is 0 Å². The fourth-order valence-electron chi connectivity index (χ4n) is 2.49. The molecule has 1 aliphatic heterocycles. The second-order valence-electron chi connectivity index (χ2n) is 5.34. The van der Waals surface area contributed by atoms with Crippen molar-refractivity contribution in [2.45, 2.75) is 12.3 Å². The molecule has 0 saturated carbocycles.